The Labute approximate surface area is 160 Å². The zero-order valence-electron chi connectivity index (χ0n) is 15.8. The molecule has 0 aromatic heterocycles. The molecule has 1 N–H and O–H groups in total. The minimum absolute atomic E-state index is 0.0142. The molecule has 2 aromatic carbocycles. The Bertz CT molecular complexity index is 824. The molecule has 0 radical (unpaired) electrons. The molecule has 0 aliphatic carbocycles. The second-order valence-electron chi connectivity index (χ2n) is 7.42. The Morgan fingerprint density at radius 2 is 1.96 bits per heavy atom. The molecule has 2 aromatic rings. The maximum atomic E-state index is 12.7. The Balaban J connectivity index is 1.81. The predicted octanol–water partition coefficient (Wildman–Crippen LogP) is 2.70. The van der Waals surface area contributed by atoms with Gasteiger partial charge in [0.2, 0.25) is 5.91 Å². The molecule has 2 heterocycles. The van der Waals surface area contributed by atoms with Crippen LogP contribution >= 0.6 is 0 Å². The number of hydrogen-bond acceptors (Lipinski definition) is 4. The number of fused-ring (bicyclic) bond motifs is 3. The third-order valence-electron chi connectivity index (χ3n) is 6.04. The van der Waals surface area contributed by atoms with Crippen molar-refractivity contribution in [3.05, 3.63) is 54.1 Å². The van der Waals surface area contributed by atoms with Gasteiger partial charge in [0.1, 0.15) is 6.61 Å². The van der Waals surface area contributed by atoms with Gasteiger partial charge in [-0.15, -0.1) is 0 Å². The molecule has 0 bridgehead atoms. The van der Waals surface area contributed by atoms with Crippen LogP contribution in [0.25, 0.3) is 11.1 Å². The number of nitrogens with zero attached hydrogens (tertiary/aromatic N) is 2. The van der Waals surface area contributed by atoms with Gasteiger partial charge in [-0.05, 0) is 35.2 Å². The van der Waals surface area contributed by atoms with E-state index in [1.807, 2.05) is 30.1 Å². The lowest BCUT2D eigenvalue weighted by Crippen LogP contribution is -2.48. The first-order valence-corrected chi connectivity index (χ1v) is 9.47. The first kappa shape index (κ1) is 18.0. The number of benzene rings is 2. The van der Waals surface area contributed by atoms with Gasteiger partial charge in [0.15, 0.2) is 0 Å². The third kappa shape index (κ3) is 3.01. The monoisotopic (exact) mass is 366 g/mol. The van der Waals surface area contributed by atoms with Gasteiger partial charge in [-0.2, -0.15) is 0 Å². The van der Waals surface area contributed by atoms with Gasteiger partial charge in [0.05, 0.1) is 18.7 Å². The molecule has 2 aliphatic rings. The van der Waals surface area contributed by atoms with Crippen molar-refractivity contribution in [1.29, 1.82) is 0 Å². The van der Waals surface area contributed by atoms with Crippen molar-refractivity contribution in [3.63, 3.8) is 0 Å². The van der Waals surface area contributed by atoms with Gasteiger partial charge < -0.3 is 19.6 Å². The molecule has 1 saturated heterocycles. The average Bonchev–Trinajstić information content (AvgIpc) is 3.14. The molecule has 142 valence electrons. The van der Waals surface area contributed by atoms with E-state index in [2.05, 4.69) is 35.2 Å². The van der Waals surface area contributed by atoms with Crippen LogP contribution in [0.2, 0.25) is 0 Å². The Morgan fingerprint density at radius 1 is 1.19 bits per heavy atom. The largest absolute Gasteiger partial charge is 0.394 e. The number of methoxy groups -OCH3 is 1. The van der Waals surface area contributed by atoms with Crippen LogP contribution in [-0.4, -0.2) is 55.9 Å². The number of hydrogen-bond donors (Lipinski definition) is 1. The summed E-state index contributed by atoms with van der Waals surface area (Å²) in [5.41, 5.74) is 4.56. The maximum absolute atomic E-state index is 12.7. The van der Waals surface area contributed by atoms with Gasteiger partial charge in [0, 0.05) is 32.3 Å². The van der Waals surface area contributed by atoms with Crippen LogP contribution in [0.15, 0.2) is 48.5 Å². The molecule has 1 amide bonds. The van der Waals surface area contributed by atoms with Crippen LogP contribution in [0.4, 0.5) is 5.69 Å². The quantitative estimate of drug-likeness (QED) is 0.904. The van der Waals surface area contributed by atoms with Crippen LogP contribution in [-0.2, 0) is 9.53 Å². The fourth-order valence-electron chi connectivity index (χ4n) is 4.75. The van der Waals surface area contributed by atoms with E-state index in [1.54, 1.807) is 7.11 Å². The topological polar surface area (TPSA) is 53.0 Å². The molecule has 27 heavy (non-hydrogen) atoms. The third-order valence-corrected chi connectivity index (χ3v) is 6.04. The highest BCUT2D eigenvalue weighted by Gasteiger charge is 2.47. The highest BCUT2D eigenvalue weighted by Crippen LogP contribution is 2.49. The Kier molecular flexibility index (Phi) is 4.89. The number of aliphatic hydroxyl groups is 1. The van der Waals surface area contributed by atoms with Gasteiger partial charge >= 0.3 is 0 Å². The number of carbonyl (C=O) groups excluding carboxylic acids is 1. The lowest BCUT2D eigenvalue weighted by molar-refractivity contribution is -0.136. The first-order valence-electron chi connectivity index (χ1n) is 9.47. The normalized spacial score (nSPS) is 23.9. The molecule has 0 spiro atoms. The highest BCUT2D eigenvalue weighted by molar-refractivity contribution is 5.80. The molecule has 2 aliphatic heterocycles. The smallest absolute Gasteiger partial charge is 0.249 e. The van der Waals surface area contributed by atoms with Crippen LogP contribution in [0.3, 0.4) is 0 Å². The number of rotatable bonds is 4. The van der Waals surface area contributed by atoms with Crippen molar-refractivity contribution in [2.75, 3.05) is 38.8 Å². The van der Waals surface area contributed by atoms with Crippen LogP contribution in [0.1, 0.15) is 18.0 Å². The molecule has 1 fully saturated rings. The number of ether oxygens (including phenoxy) is 1. The van der Waals surface area contributed by atoms with E-state index in [0.29, 0.717) is 6.54 Å². The Morgan fingerprint density at radius 3 is 2.67 bits per heavy atom. The summed E-state index contributed by atoms with van der Waals surface area (Å²) in [6, 6.07) is 16.7. The van der Waals surface area contributed by atoms with Crippen LogP contribution < -0.4 is 4.90 Å². The van der Waals surface area contributed by atoms with Crippen molar-refractivity contribution >= 4 is 11.6 Å². The summed E-state index contributed by atoms with van der Waals surface area (Å²) in [5.74, 6) is 0.238. The van der Waals surface area contributed by atoms with E-state index in [-0.39, 0.29) is 37.1 Å². The molecule has 5 nitrogen and oxygen atoms in total. The van der Waals surface area contributed by atoms with Crippen molar-refractivity contribution in [2.45, 2.75) is 18.5 Å². The SMILES string of the molecule is COCC(=O)N1CC[C@@H]2[C@H]1c1cc(-c3ccccc3)ccc1N(C)[C@H]2CO. The summed E-state index contributed by atoms with van der Waals surface area (Å²) >= 11 is 0. The number of aliphatic hydroxyl groups excluding tert-OH is 1. The number of anilines is 1. The number of carbonyl (C=O) groups is 1. The molecular weight excluding hydrogens is 340 g/mol. The minimum atomic E-state index is -0.0142. The fraction of sp³-hybridized carbons (Fsp3) is 0.409. The first-order chi connectivity index (χ1) is 13.2. The van der Waals surface area contributed by atoms with Crippen molar-refractivity contribution < 1.29 is 14.6 Å². The molecule has 5 heteroatoms. The molecule has 4 rings (SSSR count). The number of amides is 1. The fourth-order valence-corrected chi connectivity index (χ4v) is 4.75. The summed E-state index contributed by atoms with van der Waals surface area (Å²) in [7, 11) is 3.59. The highest BCUT2D eigenvalue weighted by atomic mass is 16.5. The zero-order chi connectivity index (χ0) is 19.0. The van der Waals surface area contributed by atoms with E-state index in [4.69, 9.17) is 4.74 Å². The summed E-state index contributed by atoms with van der Waals surface area (Å²) in [4.78, 5) is 16.8. The molecule has 0 saturated carbocycles. The van der Waals surface area contributed by atoms with Crippen LogP contribution in [0.5, 0.6) is 0 Å². The lowest BCUT2D eigenvalue weighted by Gasteiger charge is -2.44. The van der Waals surface area contributed by atoms with E-state index in [0.717, 1.165) is 28.8 Å². The standard InChI is InChI=1S/C22H26N2O3/c1-23-19-9-8-16(15-6-4-3-5-7-15)12-18(19)22-17(20(23)13-25)10-11-24(22)21(26)14-27-2/h3-9,12,17,20,22,25H,10-11,13-14H2,1-2H3/t17-,20-,22-/m0/s1. The summed E-state index contributed by atoms with van der Waals surface area (Å²) in [6.45, 7) is 0.886. The predicted molar refractivity (Wildman–Crippen MR) is 106 cm³/mol. The molecule has 0 unspecified atom stereocenters. The van der Waals surface area contributed by atoms with Crippen LogP contribution in [0, 0.1) is 5.92 Å². The van der Waals surface area contributed by atoms with Gasteiger partial charge in [-0.1, -0.05) is 36.4 Å². The summed E-state index contributed by atoms with van der Waals surface area (Å²) in [6.07, 6.45) is 0.894. The zero-order valence-corrected chi connectivity index (χ0v) is 15.8. The van der Waals surface area contributed by atoms with Crippen molar-refractivity contribution in [1.82, 2.24) is 4.90 Å². The van der Waals surface area contributed by atoms with Gasteiger partial charge in [-0.25, -0.2) is 0 Å². The summed E-state index contributed by atoms with van der Waals surface area (Å²) in [5, 5.41) is 10.0. The van der Waals surface area contributed by atoms with E-state index >= 15 is 0 Å². The second-order valence-corrected chi connectivity index (χ2v) is 7.42. The summed E-state index contributed by atoms with van der Waals surface area (Å²) < 4.78 is 5.10. The maximum Gasteiger partial charge on any atom is 0.249 e. The Hall–Kier alpha value is -2.37. The van der Waals surface area contributed by atoms with E-state index in [9.17, 15) is 9.90 Å². The molecule has 3 atom stereocenters. The van der Waals surface area contributed by atoms with Crippen molar-refractivity contribution in [2.24, 2.45) is 5.92 Å². The second kappa shape index (κ2) is 7.33. The van der Waals surface area contributed by atoms with Crippen molar-refractivity contribution in [3.8, 4) is 11.1 Å². The number of likely N-dealkylation sites (tertiary alicyclic amines) is 1. The average molecular weight is 366 g/mol. The van der Waals surface area contributed by atoms with Gasteiger partial charge in [-0.3, -0.25) is 4.79 Å². The molecular formula is C22H26N2O3. The van der Waals surface area contributed by atoms with E-state index < -0.39 is 0 Å². The number of likely N-dealkylation sites (N-methyl/N-ethyl adjacent to an activating group) is 1. The van der Waals surface area contributed by atoms with Gasteiger partial charge in [0.25, 0.3) is 0 Å². The minimum Gasteiger partial charge on any atom is -0.394 e. The lowest BCUT2D eigenvalue weighted by atomic mass is 9.81. The van der Waals surface area contributed by atoms with E-state index in [1.165, 1.54) is 0 Å².